The minimum atomic E-state index is 0.386. The molecule has 2 fully saturated rings. The Labute approximate surface area is 75.2 Å². The Balaban J connectivity index is 1.91. The summed E-state index contributed by atoms with van der Waals surface area (Å²) in [5.41, 5.74) is 0.667. The van der Waals surface area contributed by atoms with E-state index in [-0.39, 0.29) is 0 Å². The van der Waals surface area contributed by atoms with Crippen molar-refractivity contribution >= 4 is 0 Å². The number of hydrogen-bond donors (Lipinski definition) is 1. The Bertz CT molecular complexity index is 166. The van der Waals surface area contributed by atoms with Crippen molar-refractivity contribution in [3.63, 3.8) is 0 Å². The summed E-state index contributed by atoms with van der Waals surface area (Å²) in [6.45, 7) is 2.85. The number of fused-ring (bicyclic) bond motifs is 2. The summed E-state index contributed by atoms with van der Waals surface area (Å²) in [6, 6.07) is 0. The molecular weight excluding hydrogens is 148 g/mol. The summed E-state index contributed by atoms with van der Waals surface area (Å²) in [6.07, 6.45) is 8.15. The van der Waals surface area contributed by atoms with E-state index in [9.17, 15) is 0 Å². The van der Waals surface area contributed by atoms with Gasteiger partial charge in [-0.3, -0.25) is 0 Å². The van der Waals surface area contributed by atoms with Crippen molar-refractivity contribution in [2.75, 3.05) is 6.61 Å². The maximum atomic E-state index is 8.78. The van der Waals surface area contributed by atoms with Crippen molar-refractivity contribution in [3.05, 3.63) is 0 Å². The zero-order chi connectivity index (χ0) is 8.60. The van der Waals surface area contributed by atoms with Gasteiger partial charge in [-0.05, 0) is 55.8 Å². The molecule has 0 saturated heterocycles. The third kappa shape index (κ3) is 1.28. The quantitative estimate of drug-likeness (QED) is 0.686. The SMILES string of the molecule is CC12CCC(CC1CCCO)C2. The van der Waals surface area contributed by atoms with E-state index >= 15 is 0 Å². The van der Waals surface area contributed by atoms with Crippen LogP contribution in [0.4, 0.5) is 0 Å². The van der Waals surface area contributed by atoms with Gasteiger partial charge in [-0.25, -0.2) is 0 Å². The number of rotatable bonds is 3. The molecule has 2 bridgehead atoms. The molecule has 0 aliphatic heterocycles. The molecule has 0 heterocycles. The molecule has 1 nitrogen and oxygen atoms in total. The third-order valence-corrected chi connectivity index (χ3v) is 4.19. The van der Waals surface area contributed by atoms with Gasteiger partial charge in [0, 0.05) is 6.61 Å². The molecule has 1 N–H and O–H groups in total. The molecule has 2 aliphatic carbocycles. The molecule has 2 rings (SSSR count). The van der Waals surface area contributed by atoms with Gasteiger partial charge in [-0.15, -0.1) is 0 Å². The molecule has 0 amide bonds. The Morgan fingerprint density at radius 1 is 1.50 bits per heavy atom. The lowest BCUT2D eigenvalue weighted by Gasteiger charge is -2.31. The first-order valence-electron chi connectivity index (χ1n) is 5.35. The fourth-order valence-corrected chi connectivity index (χ4v) is 3.46. The largest absolute Gasteiger partial charge is 0.396 e. The fraction of sp³-hybridized carbons (Fsp3) is 1.00. The van der Waals surface area contributed by atoms with Gasteiger partial charge < -0.3 is 5.11 Å². The zero-order valence-electron chi connectivity index (χ0n) is 8.05. The van der Waals surface area contributed by atoms with Gasteiger partial charge in [0.05, 0.1) is 0 Å². The zero-order valence-corrected chi connectivity index (χ0v) is 8.05. The predicted octanol–water partition coefficient (Wildman–Crippen LogP) is 2.59. The highest BCUT2D eigenvalue weighted by atomic mass is 16.2. The van der Waals surface area contributed by atoms with E-state index in [4.69, 9.17) is 5.11 Å². The summed E-state index contributed by atoms with van der Waals surface area (Å²) < 4.78 is 0. The highest BCUT2D eigenvalue weighted by Crippen LogP contribution is 2.58. The Kier molecular flexibility index (Phi) is 2.16. The van der Waals surface area contributed by atoms with Crippen molar-refractivity contribution < 1.29 is 5.11 Å². The van der Waals surface area contributed by atoms with E-state index < -0.39 is 0 Å². The first-order chi connectivity index (χ1) is 5.74. The van der Waals surface area contributed by atoms with E-state index in [1.54, 1.807) is 0 Å². The van der Waals surface area contributed by atoms with Gasteiger partial charge in [0.1, 0.15) is 0 Å². The van der Waals surface area contributed by atoms with E-state index in [0.29, 0.717) is 12.0 Å². The molecule has 2 saturated carbocycles. The summed E-state index contributed by atoms with van der Waals surface area (Å²) >= 11 is 0. The van der Waals surface area contributed by atoms with Crippen LogP contribution in [0, 0.1) is 17.3 Å². The van der Waals surface area contributed by atoms with Crippen molar-refractivity contribution in [1.82, 2.24) is 0 Å². The minimum Gasteiger partial charge on any atom is -0.396 e. The van der Waals surface area contributed by atoms with Crippen LogP contribution in [0.15, 0.2) is 0 Å². The standard InChI is InChI=1S/C11H20O/c1-11-5-4-9(8-11)7-10(11)3-2-6-12/h9-10,12H,2-8H2,1H3. The minimum absolute atomic E-state index is 0.386. The molecule has 2 aliphatic rings. The van der Waals surface area contributed by atoms with Crippen LogP contribution in [0.3, 0.4) is 0 Å². The second-order valence-electron chi connectivity index (χ2n) is 5.06. The van der Waals surface area contributed by atoms with Gasteiger partial charge in [-0.2, -0.15) is 0 Å². The first kappa shape index (κ1) is 8.55. The van der Waals surface area contributed by atoms with Gasteiger partial charge in [-0.1, -0.05) is 6.92 Å². The van der Waals surface area contributed by atoms with Crippen LogP contribution in [-0.2, 0) is 0 Å². The van der Waals surface area contributed by atoms with Crippen molar-refractivity contribution in [3.8, 4) is 0 Å². The molecule has 0 aromatic heterocycles. The second-order valence-corrected chi connectivity index (χ2v) is 5.06. The van der Waals surface area contributed by atoms with Crippen LogP contribution in [0.2, 0.25) is 0 Å². The van der Waals surface area contributed by atoms with E-state index in [2.05, 4.69) is 6.92 Å². The van der Waals surface area contributed by atoms with Crippen LogP contribution in [0.1, 0.15) is 45.4 Å². The molecular formula is C11H20O. The first-order valence-corrected chi connectivity index (χ1v) is 5.35. The van der Waals surface area contributed by atoms with Gasteiger partial charge in [0.15, 0.2) is 0 Å². The van der Waals surface area contributed by atoms with Crippen LogP contribution in [0.5, 0.6) is 0 Å². The topological polar surface area (TPSA) is 20.2 Å². The maximum Gasteiger partial charge on any atom is 0.0431 e. The van der Waals surface area contributed by atoms with Gasteiger partial charge >= 0.3 is 0 Å². The summed E-state index contributed by atoms with van der Waals surface area (Å²) in [5, 5.41) is 8.78. The molecule has 0 aromatic carbocycles. The molecule has 3 unspecified atom stereocenters. The molecule has 1 heteroatoms. The van der Waals surface area contributed by atoms with Crippen LogP contribution < -0.4 is 0 Å². The summed E-state index contributed by atoms with van der Waals surface area (Å²) in [7, 11) is 0. The second kappa shape index (κ2) is 3.02. The molecule has 3 atom stereocenters. The Morgan fingerprint density at radius 3 is 2.83 bits per heavy atom. The summed E-state index contributed by atoms with van der Waals surface area (Å²) in [5.74, 6) is 1.97. The van der Waals surface area contributed by atoms with Crippen molar-refractivity contribution in [2.45, 2.75) is 45.4 Å². The normalized spacial score (nSPS) is 45.5. The maximum absolute atomic E-state index is 8.78. The van der Waals surface area contributed by atoms with E-state index in [1.165, 1.54) is 32.1 Å². The number of hydrogen-bond acceptors (Lipinski definition) is 1. The molecule has 12 heavy (non-hydrogen) atoms. The smallest absolute Gasteiger partial charge is 0.0431 e. The monoisotopic (exact) mass is 168 g/mol. The predicted molar refractivity (Wildman–Crippen MR) is 49.9 cm³/mol. The molecule has 0 radical (unpaired) electrons. The van der Waals surface area contributed by atoms with Crippen molar-refractivity contribution in [2.24, 2.45) is 17.3 Å². The molecule has 70 valence electrons. The lowest BCUT2D eigenvalue weighted by atomic mass is 9.74. The third-order valence-electron chi connectivity index (χ3n) is 4.19. The van der Waals surface area contributed by atoms with Gasteiger partial charge in [0.2, 0.25) is 0 Å². The highest BCUT2D eigenvalue weighted by molar-refractivity contribution is 4.98. The number of aliphatic hydroxyl groups excluding tert-OH is 1. The molecule has 0 spiro atoms. The van der Waals surface area contributed by atoms with Crippen LogP contribution in [-0.4, -0.2) is 11.7 Å². The Hall–Kier alpha value is -0.0400. The average Bonchev–Trinajstić information content (AvgIpc) is 2.55. The average molecular weight is 168 g/mol. The fourth-order valence-electron chi connectivity index (χ4n) is 3.46. The lowest BCUT2D eigenvalue weighted by Crippen LogP contribution is -2.21. The Morgan fingerprint density at radius 2 is 2.33 bits per heavy atom. The van der Waals surface area contributed by atoms with Gasteiger partial charge in [0.25, 0.3) is 0 Å². The molecule has 0 aromatic rings. The van der Waals surface area contributed by atoms with Crippen LogP contribution >= 0.6 is 0 Å². The lowest BCUT2D eigenvalue weighted by molar-refractivity contribution is 0.178. The van der Waals surface area contributed by atoms with Crippen LogP contribution in [0.25, 0.3) is 0 Å². The van der Waals surface area contributed by atoms with Crippen molar-refractivity contribution in [1.29, 1.82) is 0 Å². The highest BCUT2D eigenvalue weighted by Gasteiger charge is 2.47. The number of aliphatic hydroxyl groups is 1. The van der Waals surface area contributed by atoms with E-state index in [0.717, 1.165) is 18.3 Å². The van der Waals surface area contributed by atoms with E-state index in [1.807, 2.05) is 0 Å². The summed E-state index contributed by atoms with van der Waals surface area (Å²) in [4.78, 5) is 0.